The van der Waals surface area contributed by atoms with Crippen molar-refractivity contribution in [2.24, 2.45) is 4.99 Å². The van der Waals surface area contributed by atoms with E-state index in [9.17, 15) is 0 Å². The highest BCUT2D eigenvalue weighted by Gasteiger charge is 2.09. The van der Waals surface area contributed by atoms with Crippen LogP contribution >= 0.6 is 0 Å². The molecule has 0 saturated carbocycles. The summed E-state index contributed by atoms with van der Waals surface area (Å²) in [5.74, 6) is 3.12. The smallest absolute Gasteiger partial charge is 0.225 e. The van der Waals surface area contributed by atoms with Gasteiger partial charge >= 0.3 is 0 Å². The number of aliphatic imine (C=N–C) groups is 1. The molecule has 0 unspecified atom stereocenters. The molecule has 0 N–H and O–H groups in total. The number of hydrogen-bond donors (Lipinski definition) is 0. The zero-order chi connectivity index (χ0) is 20.5. The summed E-state index contributed by atoms with van der Waals surface area (Å²) in [7, 11) is 3.23. The van der Waals surface area contributed by atoms with Crippen LogP contribution in [0.5, 0.6) is 23.0 Å². The molecule has 0 aromatic heterocycles. The lowest BCUT2D eigenvalue weighted by Crippen LogP contribution is -2.11. The maximum atomic E-state index is 6.05. The molecular weight excluding hydrogens is 366 g/mol. The van der Waals surface area contributed by atoms with Crippen molar-refractivity contribution in [3.8, 4) is 23.0 Å². The van der Waals surface area contributed by atoms with Crippen molar-refractivity contribution in [2.45, 2.75) is 6.92 Å². The number of benzene rings is 3. The van der Waals surface area contributed by atoms with Crippen molar-refractivity contribution in [2.75, 3.05) is 14.2 Å². The Morgan fingerprint density at radius 3 is 1.97 bits per heavy atom. The first-order chi connectivity index (χ1) is 14.2. The van der Waals surface area contributed by atoms with Crippen LogP contribution < -0.4 is 18.9 Å². The summed E-state index contributed by atoms with van der Waals surface area (Å²) in [6.07, 6.45) is 1.61. The minimum Gasteiger partial charge on any atom is -0.497 e. The Morgan fingerprint density at radius 2 is 1.31 bits per heavy atom. The monoisotopic (exact) mass is 389 g/mol. The van der Waals surface area contributed by atoms with Gasteiger partial charge in [0.1, 0.15) is 23.0 Å². The van der Waals surface area contributed by atoms with Gasteiger partial charge in [0.15, 0.2) is 0 Å². The van der Waals surface area contributed by atoms with Gasteiger partial charge in [-0.1, -0.05) is 30.3 Å². The highest BCUT2D eigenvalue weighted by atomic mass is 16.5. The van der Waals surface area contributed by atoms with Crippen molar-refractivity contribution in [3.05, 3.63) is 90.7 Å². The standard InChI is InChI=1S/C24H23NO4/c1-18(17-28-22-13-7-11-20(15-22)26-2)24(25-19-9-5-4-6-10-19)29-23-14-8-12-21(16-23)27-3/h4-17H,1-3H3/b18-17+,25-24?. The van der Waals surface area contributed by atoms with E-state index in [4.69, 9.17) is 18.9 Å². The summed E-state index contributed by atoms with van der Waals surface area (Å²) in [5.41, 5.74) is 1.50. The average molecular weight is 389 g/mol. The molecule has 5 heteroatoms. The molecule has 0 radical (unpaired) electrons. The van der Waals surface area contributed by atoms with E-state index in [-0.39, 0.29) is 0 Å². The minimum absolute atomic E-state index is 0.423. The summed E-state index contributed by atoms with van der Waals surface area (Å²) in [6.45, 7) is 1.88. The van der Waals surface area contributed by atoms with Gasteiger partial charge in [0.05, 0.1) is 26.2 Å². The van der Waals surface area contributed by atoms with Gasteiger partial charge < -0.3 is 18.9 Å². The van der Waals surface area contributed by atoms with Crippen molar-refractivity contribution in [3.63, 3.8) is 0 Å². The van der Waals surface area contributed by atoms with Crippen LogP contribution in [0.4, 0.5) is 5.69 Å². The first-order valence-electron chi connectivity index (χ1n) is 9.11. The molecule has 0 aliphatic heterocycles. The molecule has 0 bridgehead atoms. The Hall–Kier alpha value is -3.73. The molecule has 3 rings (SSSR count). The van der Waals surface area contributed by atoms with E-state index in [1.54, 1.807) is 32.6 Å². The van der Waals surface area contributed by atoms with Crippen LogP contribution in [0, 0.1) is 0 Å². The van der Waals surface area contributed by atoms with Crippen LogP contribution in [0.25, 0.3) is 0 Å². The molecule has 148 valence electrons. The largest absolute Gasteiger partial charge is 0.497 e. The topological polar surface area (TPSA) is 49.3 Å². The minimum atomic E-state index is 0.423. The second-order valence-electron chi connectivity index (χ2n) is 6.13. The SMILES string of the molecule is COc1cccc(O/C=C(\C)C(=Nc2ccccc2)Oc2cccc(OC)c2)c1. The third-order valence-corrected chi connectivity index (χ3v) is 3.99. The van der Waals surface area contributed by atoms with Gasteiger partial charge in [0.25, 0.3) is 0 Å². The molecular formula is C24H23NO4. The lowest BCUT2D eigenvalue weighted by Gasteiger charge is -2.11. The van der Waals surface area contributed by atoms with Crippen molar-refractivity contribution >= 4 is 11.6 Å². The van der Waals surface area contributed by atoms with Crippen LogP contribution in [0.15, 0.2) is 95.7 Å². The Balaban J connectivity index is 1.87. The predicted molar refractivity (Wildman–Crippen MR) is 115 cm³/mol. The molecule has 29 heavy (non-hydrogen) atoms. The lowest BCUT2D eigenvalue weighted by molar-refractivity contribution is 0.408. The van der Waals surface area contributed by atoms with Crippen LogP contribution in [-0.2, 0) is 0 Å². The number of para-hydroxylation sites is 1. The number of nitrogens with zero attached hydrogens (tertiary/aromatic N) is 1. The van der Waals surface area contributed by atoms with Gasteiger partial charge in [0.2, 0.25) is 5.90 Å². The molecule has 0 amide bonds. The summed E-state index contributed by atoms with van der Waals surface area (Å²) >= 11 is 0. The first kappa shape index (κ1) is 20.0. The first-order valence-corrected chi connectivity index (χ1v) is 9.11. The molecule has 3 aromatic rings. The Morgan fingerprint density at radius 1 is 0.724 bits per heavy atom. The third kappa shape index (κ3) is 5.87. The normalized spacial score (nSPS) is 11.7. The second-order valence-corrected chi connectivity index (χ2v) is 6.13. The van der Waals surface area contributed by atoms with Gasteiger partial charge in [-0.3, -0.25) is 0 Å². The number of rotatable bonds is 7. The molecule has 0 aliphatic carbocycles. The fourth-order valence-corrected chi connectivity index (χ4v) is 2.47. The second kappa shape index (κ2) is 9.99. The maximum absolute atomic E-state index is 6.05. The number of ether oxygens (including phenoxy) is 4. The molecule has 0 heterocycles. The maximum Gasteiger partial charge on any atom is 0.225 e. The van der Waals surface area contributed by atoms with E-state index in [0.717, 1.165) is 17.0 Å². The molecule has 5 nitrogen and oxygen atoms in total. The van der Waals surface area contributed by atoms with Gasteiger partial charge in [0, 0.05) is 17.7 Å². The van der Waals surface area contributed by atoms with E-state index in [1.165, 1.54) is 0 Å². The van der Waals surface area contributed by atoms with Crippen molar-refractivity contribution in [1.82, 2.24) is 0 Å². The van der Waals surface area contributed by atoms with Crippen molar-refractivity contribution in [1.29, 1.82) is 0 Å². The summed E-state index contributed by atoms with van der Waals surface area (Å²) < 4.78 is 22.3. The molecule has 0 fully saturated rings. The van der Waals surface area contributed by atoms with Gasteiger partial charge in [-0.15, -0.1) is 0 Å². The third-order valence-electron chi connectivity index (χ3n) is 3.99. The average Bonchev–Trinajstić information content (AvgIpc) is 2.78. The molecule has 0 saturated heterocycles. The summed E-state index contributed by atoms with van der Waals surface area (Å²) in [5, 5.41) is 0. The van der Waals surface area contributed by atoms with Crippen molar-refractivity contribution < 1.29 is 18.9 Å². The lowest BCUT2D eigenvalue weighted by atomic mass is 10.3. The van der Waals surface area contributed by atoms with Crippen LogP contribution in [0.3, 0.4) is 0 Å². The number of hydrogen-bond acceptors (Lipinski definition) is 5. The van der Waals surface area contributed by atoms with Gasteiger partial charge in [-0.2, -0.15) is 0 Å². The Labute approximate surface area is 170 Å². The van der Waals surface area contributed by atoms with Crippen LogP contribution in [0.1, 0.15) is 6.92 Å². The van der Waals surface area contributed by atoms with E-state index >= 15 is 0 Å². The molecule has 0 aliphatic rings. The zero-order valence-electron chi connectivity index (χ0n) is 16.7. The quantitative estimate of drug-likeness (QED) is 0.291. The summed E-state index contributed by atoms with van der Waals surface area (Å²) in [6, 6.07) is 24.4. The molecule has 3 aromatic carbocycles. The van der Waals surface area contributed by atoms with E-state index in [2.05, 4.69) is 4.99 Å². The van der Waals surface area contributed by atoms with E-state index < -0.39 is 0 Å². The fraction of sp³-hybridized carbons (Fsp3) is 0.125. The van der Waals surface area contributed by atoms with Gasteiger partial charge in [-0.05, 0) is 43.3 Å². The van der Waals surface area contributed by atoms with E-state index in [0.29, 0.717) is 23.1 Å². The summed E-state index contributed by atoms with van der Waals surface area (Å²) in [4.78, 5) is 4.64. The highest BCUT2D eigenvalue weighted by Crippen LogP contribution is 2.23. The van der Waals surface area contributed by atoms with E-state index in [1.807, 2.05) is 73.7 Å². The van der Waals surface area contributed by atoms with Crippen LogP contribution in [-0.4, -0.2) is 20.1 Å². The molecule has 0 spiro atoms. The fourth-order valence-electron chi connectivity index (χ4n) is 2.47. The highest BCUT2D eigenvalue weighted by molar-refractivity contribution is 5.96. The Kier molecular flexibility index (Phi) is 6.90. The Bertz CT molecular complexity index is 997. The van der Waals surface area contributed by atoms with Crippen LogP contribution in [0.2, 0.25) is 0 Å². The van der Waals surface area contributed by atoms with Gasteiger partial charge in [-0.25, -0.2) is 4.99 Å². The number of methoxy groups -OCH3 is 2. The molecule has 0 atom stereocenters. The zero-order valence-corrected chi connectivity index (χ0v) is 16.7. The predicted octanol–water partition coefficient (Wildman–Crippen LogP) is 5.80.